The van der Waals surface area contributed by atoms with Crippen molar-refractivity contribution >= 4 is 17.6 Å². The van der Waals surface area contributed by atoms with Crippen LogP contribution in [-0.2, 0) is 4.79 Å². The van der Waals surface area contributed by atoms with Crippen LogP contribution in [0.15, 0.2) is 18.3 Å². The Morgan fingerprint density at radius 1 is 1.56 bits per heavy atom. The molecule has 0 aromatic carbocycles. The lowest BCUT2D eigenvalue weighted by Crippen LogP contribution is -2.30. The third-order valence-corrected chi connectivity index (χ3v) is 3.08. The number of aromatic nitrogens is 1. The lowest BCUT2D eigenvalue weighted by Gasteiger charge is -2.16. The molecule has 1 saturated heterocycles. The van der Waals surface area contributed by atoms with Crippen LogP contribution in [0.1, 0.15) is 23.3 Å². The highest BCUT2D eigenvalue weighted by Gasteiger charge is 2.29. The lowest BCUT2D eigenvalue weighted by molar-refractivity contribution is -0.138. The van der Waals surface area contributed by atoms with E-state index in [4.69, 9.17) is 10.8 Å². The van der Waals surface area contributed by atoms with Crippen molar-refractivity contribution in [2.45, 2.75) is 12.8 Å². The highest BCUT2D eigenvalue weighted by atomic mass is 16.4. The minimum Gasteiger partial charge on any atom is -0.481 e. The molecule has 18 heavy (non-hydrogen) atoms. The highest BCUT2D eigenvalue weighted by molar-refractivity contribution is 5.97. The predicted octanol–water partition coefficient (Wildman–Crippen LogP) is 0.601. The molecule has 0 bridgehead atoms. The summed E-state index contributed by atoms with van der Waals surface area (Å²) in [6.07, 6.45) is 2.33. The molecule has 1 unspecified atom stereocenters. The molecule has 0 radical (unpaired) electrons. The zero-order valence-electron chi connectivity index (χ0n) is 9.87. The van der Waals surface area contributed by atoms with Gasteiger partial charge in [0.25, 0.3) is 5.91 Å². The van der Waals surface area contributed by atoms with Gasteiger partial charge in [-0.3, -0.25) is 9.59 Å². The van der Waals surface area contributed by atoms with Gasteiger partial charge in [0.2, 0.25) is 0 Å². The van der Waals surface area contributed by atoms with Gasteiger partial charge < -0.3 is 15.7 Å². The largest absolute Gasteiger partial charge is 0.481 e. The molecular formula is C12H15N3O3. The molecule has 1 aliphatic heterocycles. The van der Waals surface area contributed by atoms with Crippen molar-refractivity contribution in [1.82, 2.24) is 9.88 Å². The fourth-order valence-electron chi connectivity index (χ4n) is 2.18. The minimum absolute atomic E-state index is 0.0244. The Morgan fingerprint density at radius 2 is 2.33 bits per heavy atom. The number of carboxylic acids is 1. The molecule has 96 valence electrons. The van der Waals surface area contributed by atoms with Crippen LogP contribution < -0.4 is 5.73 Å². The van der Waals surface area contributed by atoms with E-state index in [0.717, 1.165) is 0 Å². The molecule has 1 aromatic rings. The van der Waals surface area contributed by atoms with Gasteiger partial charge in [0.1, 0.15) is 0 Å². The second-order valence-corrected chi connectivity index (χ2v) is 4.44. The molecule has 1 amide bonds. The van der Waals surface area contributed by atoms with Crippen LogP contribution >= 0.6 is 0 Å². The molecule has 0 aliphatic carbocycles. The summed E-state index contributed by atoms with van der Waals surface area (Å²) in [5.74, 6) is -1.02. The molecular weight excluding hydrogens is 234 g/mol. The number of anilines is 1. The number of nitrogen functional groups attached to an aromatic ring is 1. The number of carbonyl (C=O) groups excluding carboxylic acids is 1. The second-order valence-electron chi connectivity index (χ2n) is 4.44. The van der Waals surface area contributed by atoms with E-state index in [2.05, 4.69) is 4.98 Å². The number of hydrogen-bond acceptors (Lipinski definition) is 4. The van der Waals surface area contributed by atoms with Crippen molar-refractivity contribution in [2.75, 3.05) is 18.8 Å². The number of hydrogen-bond donors (Lipinski definition) is 2. The number of amides is 1. The molecule has 2 heterocycles. The molecule has 6 heteroatoms. The van der Waals surface area contributed by atoms with Crippen LogP contribution in [0.2, 0.25) is 0 Å². The van der Waals surface area contributed by atoms with Gasteiger partial charge in [-0.15, -0.1) is 0 Å². The first-order valence-corrected chi connectivity index (χ1v) is 5.79. The normalized spacial score (nSPS) is 18.9. The summed E-state index contributed by atoms with van der Waals surface area (Å²) in [4.78, 5) is 28.3. The minimum atomic E-state index is -0.827. The van der Waals surface area contributed by atoms with Crippen LogP contribution in [0.3, 0.4) is 0 Å². The Balaban J connectivity index is 2.04. The van der Waals surface area contributed by atoms with Crippen molar-refractivity contribution in [2.24, 2.45) is 5.92 Å². The number of nitrogens with two attached hydrogens (primary N) is 1. The maximum Gasteiger partial charge on any atom is 0.303 e. The zero-order chi connectivity index (χ0) is 13.1. The van der Waals surface area contributed by atoms with E-state index in [1.807, 2.05) is 0 Å². The first-order valence-electron chi connectivity index (χ1n) is 5.79. The summed E-state index contributed by atoms with van der Waals surface area (Å²) in [5.41, 5.74) is 6.30. The zero-order valence-corrected chi connectivity index (χ0v) is 9.87. The lowest BCUT2D eigenvalue weighted by atomic mass is 10.1. The number of aliphatic carboxylic acids is 1. The Morgan fingerprint density at radius 3 is 3.00 bits per heavy atom. The molecule has 3 N–H and O–H groups in total. The summed E-state index contributed by atoms with van der Waals surface area (Å²) >= 11 is 0. The number of carbonyl (C=O) groups is 2. The van der Waals surface area contributed by atoms with Gasteiger partial charge in [0, 0.05) is 25.7 Å². The van der Waals surface area contributed by atoms with E-state index < -0.39 is 5.97 Å². The third-order valence-electron chi connectivity index (χ3n) is 3.08. The molecule has 1 aromatic heterocycles. The first-order chi connectivity index (χ1) is 8.58. The van der Waals surface area contributed by atoms with Crippen LogP contribution in [0.4, 0.5) is 5.69 Å². The number of pyridine rings is 1. The maximum absolute atomic E-state index is 12.1. The standard InChI is InChI=1S/C12H15N3O3/c13-9-2-1-4-14-11(9)12(18)15-5-3-8(7-15)6-10(16)17/h1-2,4,8H,3,5-7,13H2,(H,16,17). The quantitative estimate of drug-likeness (QED) is 0.817. The van der Waals surface area contributed by atoms with Crippen molar-refractivity contribution in [1.29, 1.82) is 0 Å². The summed E-state index contributed by atoms with van der Waals surface area (Å²) in [7, 11) is 0. The van der Waals surface area contributed by atoms with Gasteiger partial charge in [-0.05, 0) is 24.5 Å². The predicted molar refractivity (Wildman–Crippen MR) is 64.9 cm³/mol. The average Bonchev–Trinajstić information content (AvgIpc) is 2.76. The molecule has 0 saturated carbocycles. The Kier molecular flexibility index (Phi) is 3.45. The SMILES string of the molecule is Nc1cccnc1C(=O)N1CCC(CC(=O)O)C1. The second kappa shape index (κ2) is 5.03. The molecule has 1 fully saturated rings. The fourth-order valence-corrected chi connectivity index (χ4v) is 2.18. The molecule has 0 spiro atoms. The van der Waals surface area contributed by atoms with E-state index in [-0.39, 0.29) is 23.9 Å². The van der Waals surface area contributed by atoms with Gasteiger partial charge >= 0.3 is 5.97 Å². The monoisotopic (exact) mass is 249 g/mol. The van der Waals surface area contributed by atoms with E-state index in [1.54, 1.807) is 17.0 Å². The Labute approximate surface area is 104 Å². The fraction of sp³-hybridized carbons (Fsp3) is 0.417. The Bertz CT molecular complexity index is 475. The van der Waals surface area contributed by atoms with Crippen molar-refractivity contribution in [3.63, 3.8) is 0 Å². The number of likely N-dealkylation sites (tertiary alicyclic amines) is 1. The smallest absolute Gasteiger partial charge is 0.303 e. The average molecular weight is 249 g/mol. The number of rotatable bonds is 3. The van der Waals surface area contributed by atoms with Gasteiger partial charge in [-0.1, -0.05) is 0 Å². The molecule has 2 rings (SSSR count). The topological polar surface area (TPSA) is 96.5 Å². The highest BCUT2D eigenvalue weighted by Crippen LogP contribution is 2.22. The van der Waals surface area contributed by atoms with Crippen molar-refractivity contribution in [3.05, 3.63) is 24.0 Å². The van der Waals surface area contributed by atoms with Crippen LogP contribution in [-0.4, -0.2) is 40.0 Å². The number of nitrogens with zero attached hydrogens (tertiary/aromatic N) is 2. The van der Waals surface area contributed by atoms with E-state index in [9.17, 15) is 9.59 Å². The van der Waals surface area contributed by atoms with E-state index in [1.165, 1.54) is 6.20 Å². The maximum atomic E-state index is 12.1. The van der Waals surface area contributed by atoms with Gasteiger partial charge in [-0.2, -0.15) is 0 Å². The van der Waals surface area contributed by atoms with E-state index in [0.29, 0.717) is 25.2 Å². The van der Waals surface area contributed by atoms with Gasteiger partial charge in [0.15, 0.2) is 5.69 Å². The molecule has 6 nitrogen and oxygen atoms in total. The molecule has 1 atom stereocenters. The number of carboxylic acid groups (broad SMARTS) is 1. The Hall–Kier alpha value is -2.11. The van der Waals surface area contributed by atoms with Gasteiger partial charge in [0.05, 0.1) is 5.69 Å². The van der Waals surface area contributed by atoms with Gasteiger partial charge in [-0.25, -0.2) is 4.98 Å². The summed E-state index contributed by atoms with van der Waals surface area (Å²) in [5, 5.41) is 8.72. The van der Waals surface area contributed by atoms with Crippen LogP contribution in [0.25, 0.3) is 0 Å². The molecule has 1 aliphatic rings. The first kappa shape index (κ1) is 12.3. The summed E-state index contributed by atoms with van der Waals surface area (Å²) in [6, 6.07) is 3.30. The van der Waals surface area contributed by atoms with Crippen LogP contribution in [0, 0.1) is 5.92 Å². The summed E-state index contributed by atoms with van der Waals surface area (Å²) in [6.45, 7) is 1.02. The third kappa shape index (κ3) is 2.58. The van der Waals surface area contributed by atoms with Crippen molar-refractivity contribution < 1.29 is 14.7 Å². The van der Waals surface area contributed by atoms with E-state index >= 15 is 0 Å². The van der Waals surface area contributed by atoms with Crippen molar-refractivity contribution in [3.8, 4) is 0 Å². The van der Waals surface area contributed by atoms with Crippen LogP contribution in [0.5, 0.6) is 0 Å². The summed E-state index contributed by atoms with van der Waals surface area (Å²) < 4.78 is 0.